The Balaban J connectivity index is 1.75. The van der Waals surface area contributed by atoms with E-state index in [9.17, 15) is 4.39 Å². The first-order chi connectivity index (χ1) is 10.1. The minimum Gasteiger partial charge on any atom is -0.307 e. The second kappa shape index (κ2) is 5.95. The lowest BCUT2D eigenvalue weighted by Crippen LogP contribution is -2.15. The van der Waals surface area contributed by atoms with Gasteiger partial charge < -0.3 is 9.72 Å². The van der Waals surface area contributed by atoms with Crippen LogP contribution in [0.2, 0.25) is 0 Å². The van der Waals surface area contributed by atoms with Crippen LogP contribution in [-0.4, -0.2) is 9.38 Å². The highest BCUT2D eigenvalue weighted by Crippen LogP contribution is 2.18. The van der Waals surface area contributed by atoms with Gasteiger partial charge in [0.15, 0.2) is 0 Å². The molecule has 0 saturated carbocycles. The first-order valence-corrected chi connectivity index (χ1v) is 7.51. The van der Waals surface area contributed by atoms with Gasteiger partial charge in [-0.25, -0.2) is 9.37 Å². The van der Waals surface area contributed by atoms with E-state index >= 15 is 0 Å². The summed E-state index contributed by atoms with van der Waals surface area (Å²) < 4.78 is 16.2. The smallest absolute Gasteiger partial charge is 0.137 e. The molecule has 0 unspecified atom stereocenters. The number of halogens is 2. The molecule has 2 aromatic heterocycles. The molecular formula is C16H15BrFN3. The zero-order valence-electron chi connectivity index (χ0n) is 11.6. The number of nitrogens with zero attached hydrogens (tertiary/aromatic N) is 2. The van der Waals surface area contributed by atoms with Gasteiger partial charge in [0.05, 0.1) is 11.4 Å². The molecule has 0 bridgehead atoms. The quantitative estimate of drug-likeness (QED) is 0.776. The third-order valence-corrected chi connectivity index (χ3v) is 4.22. The molecular weight excluding hydrogens is 333 g/mol. The number of aryl methyl sites for hydroxylation is 1. The largest absolute Gasteiger partial charge is 0.307 e. The average molecular weight is 348 g/mol. The Morgan fingerprint density at radius 3 is 2.95 bits per heavy atom. The lowest BCUT2D eigenvalue weighted by molar-refractivity contribution is 0.617. The Bertz CT molecular complexity index is 782. The van der Waals surface area contributed by atoms with E-state index in [4.69, 9.17) is 0 Å². The molecule has 0 spiro atoms. The van der Waals surface area contributed by atoms with Crippen LogP contribution in [0.25, 0.3) is 5.65 Å². The number of aromatic nitrogens is 2. The van der Waals surface area contributed by atoms with Crippen LogP contribution in [0.5, 0.6) is 0 Å². The molecule has 1 aromatic carbocycles. The Labute approximate surface area is 131 Å². The summed E-state index contributed by atoms with van der Waals surface area (Å²) in [5, 5.41) is 3.35. The number of fused-ring (bicyclic) bond motifs is 1. The second-order valence-electron chi connectivity index (χ2n) is 4.91. The van der Waals surface area contributed by atoms with E-state index in [-0.39, 0.29) is 5.82 Å². The number of rotatable bonds is 4. The summed E-state index contributed by atoms with van der Waals surface area (Å²) in [6.07, 6.45) is 2.00. The summed E-state index contributed by atoms with van der Waals surface area (Å²) >= 11 is 3.44. The van der Waals surface area contributed by atoms with Crippen molar-refractivity contribution in [3.05, 3.63) is 69.8 Å². The third kappa shape index (κ3) is 2.99. The van der Waals surface area contributed by atoms with Gasteiger partial charge in [-0.1, -0.05) is 22.0 Å². The predicted octanol–water partition coefficient (Wildman–Crippen LogP) is 3.83. The highest BCUT2D eigenvalue weighted by atomic mass is 79.9. The fraction of sp³-hybridized carbons (Fsp3) is 0.188. The molecule has 5 heteroatoms. The Kier molecular flexibility index (Phi) is 4.03. The molecule has 3 aromatic rings. The lowest BCUT2D eigenvalue weighted by Gasteiger charge is -2.08. The van der Waals surface area contributed by atoms with Crippen LogP contribution in [0.1, 0.15) is 17.0 Å². The van der Waals surface area contributed by atoms with Gasteiger partial charge in [-0.3, -0.25) is 0 Å². The average Bonchev–Trinajstić information content (AvgIpc) is 2.79. The highest BCUT2D eigenvalue weighted by molar-refractivity contribution is 9.10. The van der Waals surface area contributed by atoms with Gasteiger partial charge in [-0.05, 0) is 42.8 Å². The van der Waals surface area contributed by atoms with Crippen molar-refractivity contribution < 1.29 is 4.39 Å². The molecule has 0 amide bonds. The van der Waals surface area contributed by atoms with E-state index in [0.717, 1.165) is 27.1 Å². The van der Waals surface area contributed by atoms with Crippen molar-refractivity contribution >= 4 is 21.6 Å². The van der Waals surface area contributed by atoms with Crippen LogP contribution in [0.15, 0.2) is 47.1 Å². The third-order valence-electron chi connectivity index (χ3n) is 3.44. The summed E-state index contributed by atoms with van der Waals surface area (Å²) in [7, 11) is 0. The Morgan fingerprint density at radius 1 is 1.24 bits per heavy atom. The first kappa shape index (κ1) is 14.2. The molecule has 0 fully saturated rings. The molecule has 0 saturated heterocycles. The maximum Gasteiger partial charge on any atom is 0.137 e. The predicted molar refractivity (Wildman–Crippen MR) is 84.6 cm³/mol. The van der Waals surface area contributed by atoms with Gasteiger partial charge in [-0.15, -0.1) is 0 Å². The van der Waals surface area contributed by atoms with Gasteiger partial charge in [0.25, 0.3) is 0 Å². The molecule has 108 valence electrons. The van der Waals surface area contributed by atoms with Crippen molar-refractivity contribution in [2.24, 2.45) is 0 Å². The summed E-state index contributed by atoms with van der Waals surface area (Å²) in [5.41, 5.74) is 3.98. The molecule has 3 rings (SSSR count). The number of hydrogen-bond donors (Lipinski definition) is 1. The van der Waals surface area contributed by atoms with E-state index in [2.05, 4.69) is 30.6 Å². The van der Waals surface area contributed by atoms with Crippen LogP contribution < -0.4 is 5.32 Å². The first-order valence-electron chi connectivity index (χ1n) is 6.72. The number of hydrogen-bond acceptors (Lipinski definition) is 2. The number of imidazole rings is 1. The van der Waals surface area contributed by atoms with Crippen LogP contribution in [0.3, 0.4) is 0 Å². The molecule has 0 aliphatic heterocycles. The van der Waals surface area contributed by atoms with Crippen molar-refractivity contribution in [2.75, 3.05) is 0 Å². The fourth-order valence-corrected chi connectivity index (χ4v) is 2.76. The molecule has 0 aliphatic carbocycles. The molecule has 2 heterocycles. The molecule has 0 radical (unpaired) electrons. The van der Waals surface area contributed by atoms with Crippen molar-refractivity contribution in [3.63, 3.8) is 0 Å². The van der Waals surface area contributed by atoms with Crippen LogP contribution in [-0.2, 0) is 13.1 Å². The van der Waals surface area contributed by atoms with E-state index in [0.29, 0.717) is 13.1 Å². The standard InChI is InChI=1S/C16H15BrFN3/c1-11-15(21-7-3-2-4-16(21)20-11)10-19-9-12-8-13(18)5-6-14(12)17/h2-8,19H,9-10H2,1H3. The lowest BCUT2D eigenvalue weighted by atomic mass is 10.2. The molecule has 3 nitrogen and oxygen atoms in total. The molecule has 0 atom stereocenters. The normalized spacial score (nSPS) is 11.2. The Hall–Kier alpha value is -1.72. The summed E-state index contributed by atoms with van der Waals surface area (Å²) in [4.78, 5) is 4.52. The van der Waals surface area contributed by atoms with Crippen LogP contribution in [0.4, 0.5) is 4.39 Å². The van der Waals surface area contributed by atoms with Gasteiger partial charge >= 0.3 is 0 Å². The van der Waals surface area contributed by atoms with Gasteiger partial charge in [0, 0.05) is 23.8 Å². The number of benzene rings is 1. The zero-order chi connectivity index (χ0) is 14.8. The summed E-state index contributed by atoms with van der Waals surface area (Å²) in [6.45, 7) is 3.28. The fourth-order valence-electron chi connectivity index (χ4n) is 2.37. The minimum absolute atomic E-state index is 0.221. The van der Waals surface area contributed by atoms with Crippen molar-refractivity contribution in [3.8, 4) is 0 Å². The van der Waals surface area contributed by atoms with E-state index in [1.165, 1.54) is 6.07 Å². The maximum absolute atomic E-state index is 13.3. The number of pyridine rings is 1. The highest BCUT2D eigenvalue weighted by Gasteiger charge is 2.08. The van der Waals surface area contributed by atoms with Gasteiger partial charge in [-0.2, -0.15) is 0 Å². The van der Waals surface area contributed by atoms with Crippen molar-refractivity contribution in [1.82, 2.24) is 14.7 Å². The Morgan fingerprint density at radius 2 is 2.10 bits per heavy atom. The number of nitrogens with one attached hydrogen (secondary N) is 1. The maximum atomic E-state index is 13.3. The van der Waals surface area contributed by atoms with Crippen LogP contribution >= 0.6 is 15.9 Å². The van der Waals surface area contributed by atoms with Gasteiger partial charge in [0.1, 0.15) is 11.5 Å². The summed E-state index contributed by atoms with van der Waals surface area (Å²) in [6, 6.07) is 10.7. The topological polar surface area (TPSA) is 29.3 Å². The molecule has 21 heavy (non-hydrogen) atoms. The van der Waals surface area contributed by atoms with E-state index < -0.39 is 0 Å². The van der Waals surface area contributed by atoms with Crippen molar-refractivity contribution in [2.45, 2.75) is 20.0 Å². The molecule has 1 N–H and O–H groups in total. The molecule has 0 aliphatic rings. The van der Waals surface area contributed by atoms with E-state index in [1.54, 1.807) is 12.1 Å². The van der Waals surface area contributed by atoms with E-state index in [1.807, 2.05) is 31.3 Å². The van der Waals surface area contributed by atoms with Crippen LogP contribution in [0, 0.1) is 12.7 Å². The monoisotopic (exact) mass is 347 g/mol. The van der Waals surface area contributed by atoms with Crippen molar-refractivity contribution in [1.29, 1.82) is 0 Å². The second-order valence-corrected chi connectivity index (χ2v) is 5.77. The summed E-state index contributed by atoms with van der Waals surface area (Å²) in [5.74, 6) is -0.221. The zero-order valence-corrected chi connectivity index (χ0v) is 13.2. The minimum atomic E-state index is -0.221. The SMILES string of the molecule is Cc1nc2ccccn2c1CNCc1cc(F)ccc1Br. The van der Waals surface area contributed by atoms with Gasteiger partial charge in [0.2, 0.25) is 0 Å².